The zero-order chi connectivity index (χ0) is 9.52. The summed E-state index contributed by atoms with van der Waals surface area (Å²) in [6.45, 7) is 6.75. The van der Waals surface area contributed by atoms with Crippen molar-refractivity contribution in [2.75, 3.05) is 26.2 Å². The van der Waals surface area contributed by atoms with Crippen LogP contribution in [0.3, 0.4) is 0 Å². The van der Waals surface area contributed by atoms with Crippen LogP contribution in [-0.2, 0) is 0 Å². The molecular weight excluding hydrogens is 160 g/mol. The van der Waals surface area contributed by atoms with E-state index >= 15 is 0 Å². The van der Waals surface area contributed by atoms with E-state index in [-0.39, 0.29) is 0 Å². The van der Waals surface area contributed by atoms with Gasteiger partial charge in [-0.1, -0.05) is 6.92 Å². The highest BCUT2D eigenvalue weighted by Gasteiger charge is 2.18. The second-order valence-corrected chi connectivity index (χ2v) is 3.56. The zero-order valence-electron chi connectivity index (χ0n) is 8.55. The maximum Gasteiger partial charge on any atom is 0.0214 e. The van der Waals surface area contributed by atoms with Crippen LogP contribution in [0.1, 0.15) is 26.2 Å². The maximum atomic E-state index is 5.27. The average Bonchev–Trinajstić information content (AvgIpc) is 2.21. The van der Waals surface area contributed by atoms with E-state index in [9.17, 15) is 0 Å². The van der Waals surface area contributed by atoms with Crippen molar-refractivity contribution in [3.63, 3.8) is 0 Å². The Morgan fingerprint density at radius 1 is 1.46 bits per heavy atom. The fourth-order valence-electron chi connectivity index (χ4n) is 1.98. The van der Waals surface area contributed by atoms with Crippen molar-refractivity contribution in [3.05, 3.63) is 0 Å². The standard InChI is InChI=1S/C11H20N2/c1-3-5-10-13(4-2)11-6-8-12-9-7-11/h1,11-12H,4-10H2,2H3. The van der Waals surface area contributed by atoms with Crippen LogP contribution in [-0.4, -0.2) is 37.1 Å². The molecule has 0 aliphatic carbocycles. The van der Waals surface area contributed by atoms with Crippen LogP contribution in [0.15, 0.2) is 0 Å². The van der Waals surface area contributed by atoms with E-state index in [1.165, 1.54) is 12.8 Å². The topological polar surface area (TPSA) is 15.3 Å². The molecular formula is C11H20N2. The van der Waals surface area contributed by atoms with Gasteiger partial charge in [0, 0.05) is 19.0 Å². The molecule has 1 heterocycles. The van der Waals surface area contributed by atoms with E-state index < -0.39 is 0 Å². The summed E-state index contributed by atoms with van der Waals surface area (Å²) in [7, 11) is 0. The molecule has 1 rings (SSSR count). The minimum absolute atomic E-state index is 0.764. The largest absolute Gasteiger partial charge is 0.317 e. The number of hydrogen-bond acceptors (Lipinski definition) is 2. The summed E-state index contributed by atoms with van der Waals surface area (Å²) in [6.07, 6.45) is 8.71. The Bertz CT molecular complexity index is 165. The van der Waals surface area contributed by atoms with Crippen molar-refractivity contribution in [1.82, 2.24) is 10.2 Å². The Hall–Kier alpha value is -0.520. The molecule has 0 saturated carbocycles. The highest BCUT2D eigenvalue weighted by atomic mass is 15.2. The lowest BCUT2D eigenvalue weighted by atomic mass is 10.0. The number of terminal acetylenes is 1. The van der Waals surface area contributed by atoms with Gasteiger partial charge >= 0.3 is 0 Å². The van der Waals surface area contributed by atoms with Crippen LogP contribution in [0, 0.1) is 12.3 Å². The van der Waals surface area contributed by atoms with E-state index in [0.29, 0.717) is 0 Å². The third kappa shape index (κ3) is 3.38. The molecule has 1 fully saturated rings. The SMILES string of the molecule is C#CCCN(CC)C1CCNCC1. The molecule has 1 aliphatic rings. The van der Waals surface area contributed by atoms with Gasteiger partial charge in [0.1, 0.15) is 0 Å². The van der Waals surface area contributed by atoms with Gasteiger partial charge in [0.25, 0.3) is 0 Å². The van der Waals surface area contributed by atoms with Gasteiger partial charge in [-0.2, -0.15) is 0 Å². The van der Waals surface area contributed by atoms with Crippen molar-refractivity contribution < 1.29 is 0 Å². The second-order valence-electron chi connectivity index (χ2n) is 3.56. The molecule has 0 unspecified atom stereocenters. The quantitative estimate of drug-likeness (QED) is 0.651. The molecule has 0 bridgehead atoms. The Morgan fingerprint density at radius 3 is 2.69 bits per heavy atom. The Balaban J connectivity index is 2.31. The minimum atomic E-state index is 0.764. The maximum absolute atomic E-state index is 5.27. The molecule has 0 aromatic heterocycles. The predicted octanol–water partition coefficient (Wildman–Crippen LogP) is 1.08. The summed E-state index contributed by atoms with van der Waals surface area (Å²) in [5, 5.41) is 3.38. The van der Waals surface area contributed by atoms with Crippen LogP contribution in [0.25, 0.3) is 0 Å². The molecule has 2 nitrogen and oxygen atoms in total. The molecule has 1 saturated heterocycles. The monoisotopic (exact) mass is 180 g/mol. The number of nitrogens with zero attached hydrogens (tertiary/aromatic N) is 1. The first kappa shape index (κ1) is 10.6. The van der Waals surface area contributed by atoms with Gasteiger partial charge in [-0.25, -0.2) is 0 Å². The van der Waals surface area contributed by atoms with Gasteiger partial charge in [0.15, 0.2) is 0 Å². The first-order valence-electron chi connectivity index (χ1n) is 5.26. The van der Waals surface area contributed by atoms with Crippen molar-refractivity contribution in [3.8, 4) is 12.3 Å². The van der Waals surface area contributed by atoms with Crippen molar-refractivity contribution in [2.45, 2.75) is 32.2 Å². The van der Waals surface area contributed by atoms with Gasteiger partial charge < -0.3 is 5.32 Å². The van der Waals surface area contributed by atoms with Crippen LogP contribution >= 0.6 is 0 Å². The van der Waals surface area contributed by atoms with Crippen LogP contribution in [0.5, 0.6) is 0 Å². The highest BCUT2D eigenvalue weighted by molar-refractivity contribution is 4.86. The number of rotatable bonds is 4. The van der Waals surface area contributed by atoms with Gasteiger partial charge in [-0.3, -0.25) is 4.90 Å². The van der Waals surface area contributed by atoms with Crippen molar-refractivity contribution >= 4 is 0 Å². The van der Waals surface area contributed by atoms with E-state index in [0.717, 1.165) is 38.6 Å². The smallest absolute Gasteiger partial charge is 0.0214 e. The zero-order valence-corrected chi connectivity index (χ0v) is 8.55. The van der Waals surface area contributed by atoms with E-state index in [2.05, 4.69) is 23.1 Å². The summed E-state index contributed by atoms with van der Waals surface area (Å²) in [5.74, 6) is 2.71. The predicted molar refractivity (Wildman–Crippen MR) is 56.6 cm³/mol. The van der Waals surface area contributed by atoms with Gasteiger partial charge in [0.05, 0.1) is 0 Å². The molecule has 0 amide bonds. The lowest BCUT2D eigenvalue weighted by molar-refractivity contribution is 0.174. The van der Waals surface area contributed by atoms with Crippen LogP contribution in [0.4, 0.5) is 0 Å². The molecule has 1 N–H and O–H groups in total. The first-order valence-corrected chi connectivity index (χ1v) is 5.26. The molecule has 0 aromatic rings. The van der Waals surface area contributed by atoms with E-state index in [1.807, 2.05) is 0 Å². The van der Waals surface area contributed by atoms with E-state index in [4.69, 9.17) is 6.42 Å². The number of nitrogens with one attached hydrogen (secondary N) is 1. The summed E-state index contributed by atoms with van der Waals surface area (Å²) >= 11 is 0. The first-order chi connectivity index (χ1) is 6.38. The molecule has 0 spiro atoms. The van der Waals surface area contributed by atoms with Crippen LogP contribution in [0.2, 0.25) is 0 Å². The number of piperidine rings is 1. The number of hydrogen-bond donors (Lipinski definition) is 1. The molecule has 0 radical (unpaired) electrons. The molecule has 2 heteroatoms. The van der Waals surface area contributed by atoms with E-state index in [1.54, 1.807) is 0 Å². The summed E-state index contributed by atoms with van der Waals surface area (Å²) in [4.78, 5) is 2.51. The second kappa shape index (κ2) is 6.01. The molecule has 13 heavy (non-hydrogen) atoms. The third-order valence-corrected chi connectivity index (χ3v) is 2.77. The summed E-state index contributed by atoms with van der Waals surface area (Å²) < 4.78 is 0. The lowest BCUT2D eigenvalue weighted by Crippen LogP contribution is -2.43. The lowest BCUT2D eigenvalue weighted by Gasteiger charge is -2.33. The van der Waals surface area contributed by atoms with Crippen molar-refractivity contribution in [2.24, 2.45) is 0 Å². The van der Waals surface area contributed by atoms with Crippen LogP contribution < -0.4 is 5.32 Å². The minimum Gasteiger partial charge on any atom is -0.317 e. The summed E-state index contributed by atoms with van der Waals surface area (Å²) in [6, 6.07) is 0.764. The highest BCUT2D eigenvalue weighted by Crippen LogP contribution is 2.11. The fourth-order valence-corrected chi connectivity index (χ4v) is 1.98. The fraction of sp³-hybridized carbons (Fsp3) is 0.818. The Morgan fingerprint density at radius 2 is 2.15 bits per heavy atom. The summed E-state index contributed by atoms with van der Waals surface area (Å²) in [5.41, 5.74) is 0. The third-order valence-electron chi connectivity index (χ3n) is 2.77. The van der Waals surface area contributed by atoms with Gasteiger partial charge in [-0.15, -0.1) is 12.3 Å². The van der Waals surface area contributed by atoms with Gasteiger partial charge in [-0.05, 0) is 32.5 Å². The molecule has 1 aliphatic heterocycles. The molecule has 0 aromatic carbocycles. The Kier molecular flexibility index (Phi) is 4.88. The van der Waals surface area contributed by atoms with Crippen molar-refractivity contribution in [1.29, 1.82) is 0 Å². The Labute approximate surface area is 81.7 Å². The normalized spacial score (nSPS) is 18.8. The van der Waals surface area contributed by atoms with Gasteiger partial charge in [0.2, 0.25) is 0 Å². The average molecular weight is 180 g/mol. The molecule has 74 valence electrons. The molecule has 0 atom stereocenters.